The van der Waals surface area contributed by atoms with Gasteiger partial charge in [-0.2, -0.15) is 0 Å². The van der Waals surface area contributed by atoms with E-state index in [2.05, 4.69) is 10.3 Å². The van der Waals surface area contributed by atoms with Crippen LogP contribution < -0.4 is 5.32 Å². The molecule has 2 unspecified atom stereocenters. The van der Waals surface area contributed by atoms with Gasteiger partial charge < -0.3 is 5.32 Å². The first-order valence-electron chi connectivity index (χ1n) is 5.92. The van der Waals surface area contributed by atoms with Crippen LogP contribution in [0.5, 0.6) is 0 Å². The molecule has 2 rings (SSSR count). The fourth-order valence-electron chi connectivity index (χ4n) is 2.39. The number of carbonyl (C=O) groups is 1. The Morgan fingerprint density at radius 1 is 1.53 bits per heavy atom. The maximum atomic E-state index is 12.1. The molecule has 1 aliphatic rings. The number of thiazole rings is 1. The first-order valence-corrected chi connectivity index (χ1v) is 7.27. The van der Waals surface area contributed by atoms with Crippen LogP contribution in [0.3, 0.4) is 0 Å². The zero-order valence-electron chi connectivity index (χ0n) is 10.1. The van der Waals surface area contributed by atoms with E-state index in [0.717, 1.165) is 34.8 Å². The molecule has 1 fully saturated rings. The number of halogens is 1. The lowest BCUT2D eigenvalue weighted by molar-refractivity contribution is 0.0933. The van der Waals surface area contributed by atoms with Crippen molar-refractivity contribution in [1.82, 2.24) is 10.3 Å². The van der Waals surface area contributed by atoms with Crippen LogP contribution in [-0.2, 0) is 0 Å². The van der Waals surface area contributed by atoms with Crippen molar-refractivity contribution in [3.05, 3.63) is 15.6 Å². The normalized spacial score (nSPS) is 23.9. The van der Waals surface area contributed by atoms with Gasteiger partial charge in [0, 0.05) is 11.9 Å². The first kappa shape index (κ1) is 12.8. The topological polar surface area (TPSA) is 42.0 Å². The van der Waals surface area contributed by atoms with Crippen LogP contribution in [0.4, 0.5) is 0 Å². The predicted molar refractivity (Wildman–Crippen MR) is 70.9 cm³/mol. The van der Waals surface area contributed by atoms with E-state index in [9.17, 15) is 4.79 Å². The SMILES string of the molecule is Cc1nc(C)c(C(=O)NC2CCCC2CCl)s1. The molecule has 0 saturated heterocycles. The number of aromatic nitrogens is 1. The lowest BCUT2D eigenvalue weighted by atomic mass is 10.1. The Balaban J connectivity index is 2.04. The quantitative estimate of drug-likeness (QED) is 0.860. The molecule has 0 aliphatic heterocycles. The Bertz CT molecular complexity index is 419. The molecule has 0 spiro atoms. The maximum absolute atomic E-state index is 12.1. The highest BCUT2D eigenvalue weighted by Crippen LogP contribution is 2.27. The highest BCUT2D eigenvalue weighted by Gasteiger charge is 2.28. The van der Waals surface area contributed by atoms with E-state index in [-0.39, 0.29) is 11.9 Å². The summed E-state index contributed by atoms with van der Waals surface area (Å²) in [6.45, 7) is 3.80. The van der Waals surface area contributed by atoms with Crippen molar-refractivity contribution in [2.45, 2.75) is 39.2 Å². The molecular formula is C12H17ClN2OS. The summed E-state index contributed by atoms with van der Waals surface area (Å²) in [5, 5.41) is 4.04. The van der Waals surface area contributed by atoms with E-state index in [1.54, 1.807) is 0 Å². The second-order valence-corrected chi connectivity index (χ2v) is 6.08. The van der Waals surface area contributed by atoms with E-state index < -0.39 is 0 Å². The molecule has 17 heavy (non-hydrogen) atoms. The van der Waals surface area contributed by atoms with Gasteiger partial charge in [-0.25, -0.2) is 4.98 Å². The lowest BCUT2D eigenvalue weighted by Gasteiger charge is -2.18. The summed E-state index contributed by atoms with van der Waals surface area (Å²) >= 11 is 7.36. The predicted octanol–water partition coefficient (Wildman–Crippen LogP) is 2.90. The number of hydrogen-bond acceptors (Lipinski definition) is 3. The third-order valence-electron chi connectivity index (χ3n) is 3.28. The summed E-state index contributed by atoms with van der Waals surface area (Å²) in [6, 6.07) is 0.238. The van der Waals surface area contributed by atoms with E-state index in [4.69, 9.17) is 11.6 Å². The number of carbonyl (C=O) groups excluding carboxylic acids is 1. The number of nitrogens with zero attached hydrogens (tertiary/aromatic N) is 1. The third kappa shape index (κ3) is 2.80. The van der Waals surface area contributed by atoms with Crippen LogP contribution in [0.15, 0.2) is 0 Å². The molecule has 1 N–H and O–H groups in total. The van der Waals surface area contributed by atoms with Crippen molar-refractivity contribution in [3.63, 3.8) is 0 Å². The highest BCUT2D eigenvalue weighted by atomic mass is 35.5. The number of nitrogens with one attached hydrogen (secondary N) is 1. The lowest BCUT2D eigenvalue weighted by Crippen LogP contribution is -2.37. The Morgan fingerprint density at radius 2 is 2.29 bits per heavy atom. The minimum Gasteiger partial charge on any atom is -0.348 e. The highest BCUT2D eigenvalue weighted by molar-refractivity contribution is 7.13. The fourth-order valence-corrected chi connectivity index (χ4v) is 3.58. The third-order valence-corrected chi connectivity index (χ3v) is 4.75. The average Bonchev–Trinajstić information content (AvgIpc) is 2.84. The van der Waals surface area contributed by atoms with Crippen molar-refractivity contribution in [2.75, 3.05) is 5.88 Å². The molecule has 1 amide bonds. The van der Waals surface area contributed by atoms with Crippen LogP contribution in [-0.4, -0.2) is 22.8 Å². The summed E-state index contributed by atoms with van der Waals surface area (Å²) in [4.78, 5) is 17.1. The number of hydrogen-bond donors (Lipinski definition) is 1. The molecular weight excluding hydrogens is 256 g/mol. The minimum atomic E-state index is 0.00937. The number of rotatable bonds is 3. The minimum absolute atomic E-state index is 0.00937. The van der Waals surface area contributed by atoms with Crippen LogP contribution in [0, 0.1) is 19.8 Å². The zero-order valence-corrected chi connectivity index (χ0v) is 11.7. The molecule has 3 nitrogen and oxygen atoms in total. The van der Waals surface area contributed by atoms with Gasteiger partial charge in [0.1, 0.15) is 4.88 Å². The Hall–Kier alpha value is -0.610. The first-order chi connectivity index (χ1) is 8.11. The van der Waals surface area contributed by atoms with Gasteiger partial charge in [-0.1, -0.05) is 6.42 Å². The summed E-state index contributed by atoms with van der Waals surface area (Å²) < 4.78 is 0. The molecule has 0 bridgehead atoms. The molecule has 5 heteroatoms. The number of amides is 1. The van der Waals surface area contributed by atoms with Crippen molar-refractivity contribution in [1.29, 1.82) is 0 Å². The largest absolute Gasteiger partial charge is 0.348 e. The fraction of sp³-hybridized carbons (Fsp3) is 0.667. The van der Waals surface area contributed by atoms with Crippen molar-refractivity contribution in [3.8, 4) is 0 Å². The van der Waals surface area contributed by atoms with Gasteiger partial charge in [0.05, 0.1) is 10.7 Å². The average molecular weight is 273 g/mol. The van der Waals surface area contributed by atoms with Crippen LogP contribution in [0.1, 0.15) is 39.6 Å². The number of alkyl halides is 1. The van der Waals surface area contributed by atoms with Crippen LogP contribution in [0.25, 0.3) is 0 Å². The van der Waals surface area contributed by atoms with Crippen molar-refractivity contribution >= 4 is 28.8 Å². The van der Waals surface area contributed by atoms with E-state index in [1.807, 2.05) is 13.8 Å². The molecule has 1 aromatic heterocycles. The van der Waals surface area contributed by atoms with E-state index in [1.165, 1.54) is 11.3 Å². The molecule has 1 aromatic rings. The standard InChI is InChI=1S/C12H17ClN2OS/c1-7-11(17-8(2)14-7)12(16)15-10-5-3-4-9(10)6-13/h9-10H,3-6H2,1-2H3,(H,15,16). The second kappa shape index (κ2) is 5.36. The van der Waals surface area contributed by atoms with Crippen molar-refractivity contribution in [2.24, 2.45) is 5.92 Å². The Morgan fingerprint density at radius 3 is 2.88 bits per heavy atom. The summed E-state index contributed by atoms with van der Waals surface area (Å²) in [5.74, 6) is 1.07. The van der Waals surface area contributed by atoms with Gasteiger partial charge in [-0.3, -0.25) is 4.79 Å². The molecule has 2 atom stereocenters. The smallest absolute Gasteiger partial charge is 0.263 e. The molecule has 1 heterocycles. The summed E-state index contributed by atoms with van der Waals surface area (Å²) in [7, 11) is 0. The van der Waals surface area contributed by atoms with Gasteiger partial charge in [-0.05, 0) is 32.6 Å². The zero-order chi connectivity index (χ0) is 12.4. The van der Waals surface area contributed by atoms with Crippen LogP contribution in [0.2, 0.25) is 0 Å². The summed E-state index contributed by atoms with van der Waals surface area (Å²) in [6.07, 6.45) is 3.32. The van der Waals surface area contributed by atoms with E-state index >= 15 is 0 Å². The van der Waals surface area contributed by atoms with Gasteiger partial charge in [0.2, 0.25) is 0 Å². The Labute approximate surface area is 111 Å². The summed E-state index contributed by atoms with van der Waals surface area (Å²) in [5.41, 5.74) is 0.824. The molecule has 0 aromatic carbocycles. The van der Waals surface area contributed by atoms with E-state index in [0.29, 0.717) is 11.8 Å². The molecule has 94 valence electrons. The molecule has 1 aliphatic carbocycles. The van der Waals surface area contributed by atoms with Gasteiger partial charge in [0.15, 0.2) is 0 Å². The second-order valence-electron chi connectivity index (χ2n) is 4.57. The van der Waals surface area contributed by atoms with Crippen LogP contribution >= 0.6 is 22.9 Å². The Kier molecular flexibility index (Phi) is 4.05. The monoisotopic (exact) mass is 272 g/mol. The number of aryl methyl sites for hydroxylation is 2. The maximum Gasteiger partial charge on any atom is 0.263 e. The van der Waals surface area contributed by atoms with Crippen molar-refractivity contribution < 1.29 is 4.79 Å². The molecule has 0 radical (unpaired) electrons. The van der Waals surface area contributed by atoms with Gasteiger partial charge >= 0.3 is 0 Å². The van der Waals surface area contributed by atoms with Gasteiger partial charge in [-0.15, -0.1) is 22.9 Å². The molecule has 1 saturated carbocycles. The van der Waals surface area contributed by atoms with Gasteiger partial charge in [0.25, 0.3) is 5.91 Å².